The number of amides is 2. The van der Waals surface area contributed by atoms with Crippen molar-refractivity contribution in [3.05, 3.63) is 39.9 Å². The molecule has 204 valence electrons. The number of carbonyl (C=O) groups excluding carboxylic acids is 2. The maximum absolute atomic E-state index is 13.3. The Kier molecular flexibility index (Phi) is 10.6. The number of ether oxygens (including phenoxy) is 1. The fraction of sp³-hybridized carbons (Fsp3) is 0.654. The summed E-state index contributed by atoms with van der Waals surface area (Å²) in [5.41, 5.74) is 0.249. The molecule has 11 heteroatoms. The first-order valence-corrected chi connectivity index (χ1v) is 14.5. The van der Waals surface area contributed by atoms with Crippen LogP contribution in [-0.4, -0.2) is 56.1 Å². The Bertz CT molecular complexity index is 961. The first-order chi connectivity index (χ1) is 17.5. The van der Waals surface area contributed by atoms with E-state index in [1.165, 1.54) is 60.9 Å². The lowest BCUT2D eigenvalue weighted by molar-refractivity contribution is -0.384. The molecular formula is C26H38N4O5S2. The average Bonchev–Trinajstić information content (AvgIpc) is 3.35. The average molecular weight is 551 g/mol. The maximum atomic E-state index is 13.3. The van der Waals surface area contributed by atoms with Gasteiger partial charge in [-0.15, -0.1) is 11.8 Å². The number of carbonyl (C=O) groups is 2. The molecular weight excluding hydrogens is 512 g/mol. The second-order valence-electron chi connectivity index (χ2n) is 10.7. The summed E-state index contributed by atoms with van der Waals surface area (Å²) in [4.78, 5) is 38.5. The highest BCUT2D eigenvalue weighted by Gasteiger charge is 2.38. The highest BCUT2D eigenvalue weighted by atomic mass is 32.2. The van der Waals surface area contributed by atoms with Gasteiger partial charge in [-0.1, -0.05) is 56.5 Å². The van der Waals surface area contributed by atoms with E-state index in [0.29, 0.717) is 29.1 Å². The van der Waals surface area contributed by atoms with Crippen molar-refractivity contribution in [1.82, 2.24) is 15.5 Å². The standard InChI is InChI=1S/C26H38N4O5S2/c1-26(2,3)35-25(32)29-17-37-16-22(29)23(31)28-21(14-11-18-7-5-4-6-8-18)24(36)27-15-19-9-12-20(13-10-19)30(33)34/h9-10,12-13,18,21-22H,4-8,11,14-17H2,1-3H3,(H,27,36)(H,28,31)/t21-,22+/m1/s1. The molecule has 0 spiro atoms. The van der Waals surface area contributed by atoms with Gasteiger partial charge in [-0.2, -0.15) is 0 Å². The van der Waals surface area contributed by atoms with Crippen LogP contribution in [0, 0.1) is 16.0 Å². The summed E-state index contributed by atoms with van der Waals surface area (Å²) in [6.45, 7) is 5.81. The fourth-order valence-corrected chi connectivity index (χ4v) is 6.01. The summed E-state index contributed by atoms with van der Waals surface area (Å²) in [6.07, 6.45) is 7.38. The normalized spacial score (nSPS) is 19.2. The van der Waals surface area contributed by atoms with Gasteiger partial charge in [-0.25, -0.2) is 4.79 Å². The summed E-state index contributed by atoms with van der Waals surface area (Å²) in [6, 6.07) is 5.33. The van der Waals surface area contributed by atoms with Crippen LogP contribution in [-0.2, 0) is 16.1 Å². The summed E-state index contributed by atoms with van der Waals surface area (Å²) < 4.78 is 5.51. The summed E-state index contributed by atoms with van der Waals surface area (Å²) in [7, 11) is 0. The summed E-state index contributed by atoms with van der Waals surface area (Å²) in [5, 5.41) is 17.3. The quantitative estimate of drug-likeness (QED) is 0.246. The monoisotopic (exact) mass is 550 g/mol. The molecule has 0 radical (unpaired) electrons. The molecule has 2 aliphatic rings. The number of nitro groups is 1. The van der Waals surface area contributed by atoms with Crippen molar-refractivity contribution >= 4 is 46.7 Å². The van der Waals surface area contributed by atoms with E-state index < -0.39 is 22.7 Å². The van der Waals surface area contributed by atoms with Gasteiger partial charge in [0.25, 0.3) is 5.69 Å². The Labute approximate surface area is 228 Å². The van der Waals surface area contributed by atoms with E-state index in [1.54, 1.807) is 32.9 Å². The Morgan fingerprint density at radius 2 is 1.89 bits per heavy atom. The third kappa shape index (κ3) is 9.14. The van der Waals surface area contributed by atoms with Gasteiger partial charge in [0.1, 0.15) is 11.6 Å². The van der Waals surface area contributed by atoms with Crippen molar-refractivity contribution in [3.8, 4) is 0 Å². The van der Waals surface area contributed by atoms with Crippen molar-refractivity contribution in [2.45, 2.75) is 89.9 Å². The molecule has 1 heterocycles. The van der Waals surface area contributed by atoms with Gasteiger partial charge in [-0.3, -0.25) is 19.8 Å². The lowest BCUT2D eigenvalue weighted by atomic mass is 9.85. The third-order valence-corrected chi connectivity index (χ3v) is 8.09. The first kappa shape index (κ1) is 29.2. The van der Waals surface area contributed by atoms with Crippen LogP contribution in [0.15, 0.2) is 24.3 Å². The molecule has 1 aromatic carbocycles. The molecule has 2 amide bonds. The molecule has 2 atom stereocenters. The van der Waals surface area contributed by atoms with Crippen LogP contribution in [0.25, 0.3) is 0 Å². The number of hydrogen-bond donors (Lipinski definition) is 2. The van der Waals surface area contributed by atoms with Crippen molar-refractivity contribution < 1.29 is 19.2 Å². The zero-order valence-electron chi connectivity index (χ0n) is 21.9. The van der Waals surface area contributed by atoms with E-state index in [2.05, 4.69) is 10.6 Å². The molecule has 0 bridgehead atoms. The van der Waals surface area contributed by atoms with Gasteiger partial charge in [0.05, 0.1) is 21.8 Å². The maximum Gasteiger partial charge on any atom is 0.411 e. The molecule has 1 saturated carbocycles. The molecule has 3 rings (SSSR count). The van der Waals surface area contributed by atoms with Gasteiger partial charge in [-0.05, 0) is 45.1 Å². The minimum absolute atomic E-state index is 0.0351. The number of non-ortho nitro benzene ring substituents is 1. The van der Waals surface area contributed by atoms with Crippen LogP contribution in [0.5, 0.6) is 0 Å². The lowest BCUT2D eigenvalue weighted by Crippen LogP contribution is -2.54. The predicted octanol–water partition coefficient (Wildman–Crippen LogP) is 5.17. The van der Waals surface area contributed by atoms with E-state index in [-0.39, 0.29) is 17.6 Å². The molecule has 2 N–H and O–H groups in total. The molecule has 0 unspecified atom stereocenters. The number of thiocarbonyl (C=S) groups is 1. The summed E-state index contributed by atoms with van der Waals surface area (Å²) in [5.74, 6) is 1.31. The largest absolute Gasteiger partial charge is 0.444 e. The van der Waals surface area contributed by atoms with Crippen molar-refractivity contribution in [2.24, 2.45) is 5.92 Å². The van der Waals surface area contributed by atoms with Crippen LogP contribution >= 0.6 is 24.0 Å². The lowest BCUT2D eigenvalue weighted by Gasteiger charge is -2.29. The highest BCUT2D eigenvalue weighted by Crippen LogP contribution is 2.28. The SMILES string of the molecule is CC(C)(C)OC(=O)N1CSC[C@H]1C(=O)N[C@H](CCC1CCCCC1)C(=S)NCc1ccc([N+](=O)[O-])cc1. The molecule has 37 heavy (non-hydrogen) atoms. The van der Waals surface area contributed by atoms with Gasteiger partial charge in [0, 0.05) is 24.4 Å². The Morgan fingerprint density at radius 3 is 2.51 bits per heavy atom. The van der Waals surface area contributed by atoms with Crippen molar-refractivity contribution in [1.29, 1.82) is 0 Å². The summed E-state index contributed by atoms with van der Waals surface area (Å²) >= 11 is 7.23. The van der Waals surface area contributed by atoms with Crippen LogP contribution in [0.1, 0.15) is 71.3 Å². The van der Waals surface area contributed by atoms with E-state index >= 15 is 0 Å². The number of rotatable bonds is 9. The highest BCUT2D eigenvalue weighted by molar-refractivity contribution is 7.99. The molecule has 1 aliphatic carbocycles. The molecule has 2 fully saturated rings. The van der Waals surface area contributed by atoms with Crippen molar-refractivity contribution in [3.63, 3.8) is 0 Å². The topological polar surface area (TPSA) is 114 Å². The first-order valence-electron chi connectivity index (χ1n) is 12.9. The van der Waals surface area contributed by atoms with Crippen LogP contribution in [0.4, 0.5) is 10.5 Å². The fourth-order valence-electron chi connectivity index (χ4n) is 4.62. The Morgan fingerprint density at radius 1 is 1.22 bits per heavy atom. The van der Waals surface area contributed by atoms with Gasteiger partial charge in [0.15, 0.2) is 0 Å². The van der Waals surface area contributed by atoms with E-state index in [4.69, 9.17) is 17.0 Å². The second-order valence-corrected chi connectivity index (χ2v) is 12.2. The van der Waals surface area contributed by atoms with E-state index in [0.717, 1.165) is 18.4 Å². The number of benzene rings is 1. The Balaban J connectivity index is 1.64. The predicted molar refractivity (Wildman–Crippen MR) is 149 cm³/mol. The molecule has 1 aliphatic heterocycles. The minimum Gasteiger partial charge on any atom is -0.444 e. The second kappa shape index (κ2) is 13.4. The van der Waals surface area contributed by atoms with Crippen LogP contribution < -0.4 is 10.6 Å². The zero-order chi connectivity index (χ0) is 27.0. The number of nitro benzene ring substituents is 1. The van der Waals surface area contributed by atoms with Gasteiger partial charge in [0.2, 0.25) is 5.91 Å². The number of nitrogens with zero attached hydrogens (tertiary/aromatic N) is 2. The number of thioether (sulfide) groups is 1. The number of hydrogen-bond acceptors (Lipinski definition) is 7. The molecule has 9 nitrogen and oxygen atoms in total. The third-order valence-electron chi connectivity index (χ3n) is 6.65. The zero-order valence-corrected chi connectivity index (χ0v) is 23.5. The van der Waals surface area contributed by atoms with Crippen molar-refractivity contribution in [2.75, 3.05) is 11.6 Å². The van der Waals surface area contributed by atoms with E-state index in [1.807, 2.05) is 0 Å². The number of nitrogens with one attached hydrogen (secondary N) is 2. The Hall–Kier alpha value is -2.40. The van der Waals surface area contributed by atoms with Gasteiger partial charge < -0.3 is 15.4 Å². The van der Waals surface area contributed by atoms with Gasteiger partial charge >= 0.3 is 6.09 Å². The van der Waals surface area contributed by atoms with Crippen LogP contribution in [0.2, 0.25) is 0 Å². The minimum atomic E-state index is -0.642. The van der Waals surface area contributed by atoms with Crippen LogP contribution in [0.3, 0.4) is 0 Å². The molecule has 1 saturated heterocycles. The van der Waals surface area contributed by atoms with E-state index in [9.17, 15) is 19.7 Å². The smallest absolute Gasteiger partial charge is 0.411 e. The molecule has 1 aromatic rings. The molecule has 0 aromatic heterocycles.